The molecule has 0 aliphatic rings. The van der Waals surface area contributed by atoms with E-state index in [-0.39, 0.29) is 5.75 Å². The summed E-state index contributed by atoms with van der Waals surface area (Å²) in [4.78, 5) is 12.1. The summed E-state index contributed by atoms with van der Waals surface area (Å²) in [5.74, 6) is 1.02. The first-order chi connectivity index (χ1) is 12.1. The number of phenolic OH excluding ortho intramolecular Hbond substituents is 1. The quantitative estimate of drug-likeness (QED) is 0.734. The largest absolute Gasteiger partial charge is 0.504 e. The number of hydrogen-bond acceptors (Lipinski definition) is 5. The molecule has 132 valence electrons. The highest BCUT2D eigenvalue weighted by molar-refractivity contribution is 5.84. The van der Waals surface area contributed by atoms with Crippen LogP contribution in [0.5, 0.6) is 17.2 Å². The van der Waals surface area contributed by atoms with Crippen LogP contribution in [0, 0.1) is 0 Å². The second kappa shape index (κ2) is 8.63. The van der Waals surface area contributed by atoms with Crippen molar-refractivity contribution in [3.05, 3.63) is 60.7 Å². The Morgan fingerprint density at radius 1 is 1.20 bits per heavy atom. The molecule has 0 spiro atoms. The third kappa shape index (κ3) is 4.91. The molecule has 0 aliphatic carbocycles. The average molecular weight is 343 g/mol. The van der Waals surface area contributed by atoms with Gasteiger partial charge >= 0.3 is 6.09 Å². The van der Waals surface area contributed by atoms with Gasteiger partial charge in [-0.25, -0.2) is 4.79 Å². The van der Waals surface area contributed by atoms with E-state index in [1.807, 2.05) is 0 Å². The Morgan fingerprint density at radius 2 is 1.92 bits per heavy atom. The Hall–Kier alpha value is -3.15. The molecule has 1 amide bonds. The SMILES string of the molecule is C=CC[C@@H](OC(=O)Nc1ccc(OC)cc1)c1ccc(OC)c(O)c1. The highest BCUT2D eigenvalue weighted by Crippen LogP contribution is 2.31. The zero-order valence-corrected chi connectivity index (χ0v) is 14.2. The van der Waals surface area contributed by atoms with Gasteiger partial charge in [0.05, 0.1) is 14.2 Å². The van der Waals surface area contributed by atoms with E-state index >= 15 is 0 Å². The molecule has 0 saturated heterocycles. The number of aromatic hydroxyl groups is 1. The van der Waals surface area contributed by atoms with E-state index in [1.165, 1.54) is 13.2 Å². The van der Waals surface area contributed by atoms with E-state index in [9.17, 15) is 9.90 Å². The first kappa shape index (κ1) is 18.2. The van der Waals surface area contributed by atoms with Gasteiger partial charge in [0.2, 0.25) is 0 Å². The molecular weight excluding hydrogens is 322 g/mol. The van der Waals surface area contributed by atoms with Crippen molar-refractivity contribution in [2.45, 2.75) is 12.5 Å². The number of carbonyl (C=O) groups is 1. The molecule has 0 aromatic heterocycles. The molecule has 2 aromatic rings. The van der Waals surface area contributed by atoms with E-state index in [2.05, 4.69) is 11.9 Å². The molecule has 6 heteroatoms. The zero-order valence-electron chi connectivity index (χ0n) is 14.2. The summed E-state index contributed by atoms with van der Waals surface area (Å²) in [7, 11) is 3.04. The molecule has 2 rings (SSSR count). The molecule has 0 heterocycles. The minimum absolute atomic E-state index is 0.0202. The fourth-order valence-electron chi connectivity index (χ4n) is 2.26. The zero-order chi connectivity index (χ0) is 18.2. The maximum absolute atomic E-state index is 12.1. The summed E-state index contributed by atoms with van der Waals surface area (Å²) in [6.07, 6.45) is 0.869. The van der Waals surface area contributed by atoms with Crippen LogP contribution in [0.1, 0.15) is 18.1 Å². The van der Waals surface area contributed by atoms with Crippen LogP contribution in [0.3, 0.4) is 0 Å². The lowest BCUT2D eigenvalue weighted by molar-refractivity contribution is 0.112. The van der Waals surface area contributed by atoms with Crippen LogP contribution < -0.4 is 14.8 Å². The number of anilines is 1. The fraction of sp³-hybridized carbons (Fsp3) is 0.211. The number of ether oxygens (including phenoxy) is 3. The number of amides is 1. The van der Waals surface area contributed by atoms with Gasteiger partial charge in [-0.2, -0.15) is 0 Å². The highest BCUT2D eigenvalue weighted by Gasteiger charge is 2.17. The lowest BCUT2D eigenvalue weighted by Gasteiger charge is -2.18. The number of rotatable bonds is 7. The molecular formula is C19H21NO5. The van der Waals surface area contributed by atoms with Crippen molar-refractivity contribution < 1.29 is 24.1 Å². The number of benzene rings is 2. The summed E-state index contributed by atoms with van der Waals surface area (Å²) in [6, 6.07) is 11.7. The van der Waals surface area contributed by atoms with E-state index in [0.29, 0.717) is 29.2 Å². The van der Waals surface area contributed by atoms with Crippen LogP contribution in [0.25, 0.3) is 0 Å². The summed E-state index contributed by atoms with van der Waals surface area (Å²) in [5, 5.41) is 12.6. The van der Waals surface area contributed by atoms with Crippen molar-refractivity contribution in [2.24, 2.45) is 0 Å². The minimum Gasteiger partial charge on any atom is -0.504 e. The normalized spacial score (nSPS) is 11.3. The topological polar surface area (TPSA) is 77.0 Å². The van der Waals surface area contributed by atoms with Crippen molar-refractivity contribution >= 4 is 11.8 Å². The molecule has 0 aliphatic heterocycles. The van der Waals surface area contributed by atoms with E-state index in [0.717, 1.165) is 0 Å². The van der Waals surface area contributed by atoms with E-state index in [1.54, 1.807) is 49.6 Å². The van der Waals surface area contributed by atoms with Crippen LogP contribution in [0.2, 0.25) is 0 Å². The third-order valence-corrected chi connectivity index (χ3v) is 3.54. The minimum atomic E-state index is -0.604. The summed E-state index contributed by atoms with van der Waals surface area (Å²) >= 11 is 0. The molecule has 0 bridgehead atoms. The van der Waals surface area contributed by atoms with E-state index in [4.69, 9.17) is 14.2 Å². The van der Waals surface area contributed by atoms with Crippen LogP contribution >= 0.6 is 0 Å². The van der Waals surface area contributed by atoms with Crippen molar-refractivity contribution in [3.63, 3.8) is 0 Å². The van der Waals surface area contributed by atoms with Gasteiger partial charge in [0, 0.05) is 12.1 Å². The molecule has 25 heavy (non-hydrogen) atoms. The van der Waals surface area contributed by atoms with Gasteiger partial charge in [0.1, 0.15) is 11.9 Å². The molecule has 6 nitrogen and oxygen atoms in total. The Morgan fingerprint density at radius 3 is 2.48 bits per heavy atom. The molecule has 2 N–H and O–H groups in total. The molecule has 0 saturated carbocycles. The number of hydrogen-bond donors (Lipinski definition) is 2. The number of methoxy groups -OCH3 is 2. The monoisotopic (exact) mass is 343 g/mol. The summed E-state index contributed by atoms with van der Waals surface area (Å²) < 4.78 is 15.5. The molecule has 2 aromatic carbocycles. The van der Waals surface area contributed by atoms with Gasteiger partial charge in [-0.1, -0.05) is 12.1 Å². The summed E-state index contributed by atoms with van der Waals surface area (Å²) in [6.45, 7) is 3.68. The number of phenols is 1. The van der Waals surface area contributed by atoms with Crippen LogP contribution in [0.15, 0.2) is 55.1 Å². The lowest BCUT2D eigenvalue weighted by Crippen LogP contribution is -2.17. The van der Waals surface area contributed by atoms with Crippen LogP contribution in [-0.4, -0.2) is 25.4 Å². The highest BCUT2D eigenvalue weighted by atomic mass is 16.6. The smallest absolute Gasteiger partial charge is 0.412 e. The number of nitrogens with one attached hydrogen (secondary N) is 1. The predicted octanol–water partition coefficient (Wildman–Crippen LogP) is 4.28. The van der Waals surface area contributed by atoms with Crippen molar-refractivity contribution in [3.8, 4) is 17.2 Å². The first-order valence-electron chi connectivity index (χ1n) is 7.67. The van der Waals surface area contributed by atoms with Gasteiger partial charge in [-0.05, 0) is 42.0 Å². The maximum Gasteiger partial charge on any atom is 0.412 e. The van der Waals surface area contributed by atoms with Gasteiger partial charge in [-0.15, -0.1) is 6.58 Å². The summed E-state index contributed by atoms with van der Waals surface area (Å²) in [5.41, 5.74) is 1.23. The molecule has 0 unspecified atom stereocenters. The lowest BCUT2D eigenvalue weighted by atomic mass is 10.1. The molecule has 0 radical (unpaired) electrons. The second-order valence-electron chi connectivity index (χ2n) is 5.20. The molecule has 0 fully saturated rings. The third-order valence-electron chi connectivity index (χ3n) is 3.54. The van der Waals surface area contributed by atoms with Crippen LogP contribution in [-0.2, 0) is 4.74 Å². The first-order valence-corrected chi connectivity index (χ1v) is 7.67. The van der Waals surface area contributed by atoms with Gasteiger partial charge in [0.15, 0.2) is 11.5 Å². The number of carbonyl (C=O) groups excluding carboxylic acids is 1. The fourth-order valence-corrected chi connectivity index (χ4v) is 2.26. The van der Waals surface area contributed by atoms with Gasteiger partial charge in [-0.3, -0.25) is 5.32 Å². The van der Waals surface area contributed by atoms with Gasteiger partial charge < -0.3 is 19.3 Å². The van der Waals surface area contributed by atoms with E-state index < -0.39 is 12.2 Å². The average Bonchev–Trinajstić information content (AvgIpc) is 2.62. The van der Waals surface area contributed by atoms with Crippen LogP contribution in [0.4, 0.5) is 10.5 Å². The Kier molecular flexibility index (Phi) is 6.28. The Labute approximate surface area is 146 Å². The van der Waals surface area contributed by atoms with Crippen molar-refractivity contribution in [1.82, 2.24) is 0 Å². The second-order valence-corrected chi connectivity index (χ2v) is 5.20. The Bertz CT molecular complexity index is 727. The predicted molar refractivity (Wildman–Crippen MR) is 95.3 cm³/mol. The standard InChI is InChI=1S/C19H21NO5/c1-4-5-17(13-6-11-18(24-3)16(21)12-13)25-19(22)20-14-7-9-15(23-2)10-8-14/h4,6-12,17,21H,1,5H2,2-3H3,(H,20,22)/t17-/m1/s1. The Balaban J connectivity index is 2.08. The van der Waals surface area contributed by atoms with Gasteiger partial charge in [0.25, 0.3) is 0 Å². The maximum atomic E-state index is 12.1. The van der Waals surface area contributed by atoms with Crippen molar-refractivity contribution in [1.29, 1.82) is 0 Å². The van der Waals surface area contributed by atoms with Crippen molar-refractivity contribution in [2.75, 3.05) is 19.5 Å². The molecule has 1 atom stereocenters.